The molecule has 0 aliphatic heterocycles. The Bertz CT molecular complexity index is 1110. The van der Waals surface area contributed by atoms with E-state index < -0.39 is 0 Å². The number of nitrogens with zero attached hydrogens (tertiary/aromatic N) is 2. The van der Waals surface area contributed by atoms with E-state index in [0.717, 1.165) is 45.6 Å². The highest BCUT2D eigenvalue weighted by atomic mass is 33.1. The van der Waals surface area contributed by atoms with Crippen molar-refractivity contribution >= 4 is 34.2 Å². The normalized spacial score (nSPS) is 34.4. The fraction of sp³-hybridized carbons (Fsp3) is 0.676. The van der Waals surface area contributed by atoms with Crippen LogP contribution in [-0.4, -0.2) is 15.2 Å². The van der Waals surface area contributed by atoms with Gasteiger partial charge < -0.3 is 0 Å². The molecule has 0 bridgehead atoms. The van der Waals surface area contributed by atoms with Gasteiger partial charge in [-0.25, -0.2) is 9.97 Å². The SMILES string of the molecule is CC(C)CCC[C@@H](C)[C@H]1CC[C@H]2[C@@H]3CC=C4C[C@@H](S)CC[C@]4(C)[C@H]3CC[C@]12C.c1ccc(SSc2ccccn2)nc1. The molecule has 3 fully saturated rings. The standard InChI is InChI=1S/C27H46S.C10H8N2S2/c1-18(2)7-6-8-19(3)23-11-12-24-22-10-9-20-17-21(28)13-15-26(20,4)25(22)14-16-27(23,24)5;1-3-7-11-9(5-1)13-14-10-6-2-4-8-12-10/h9,18-19,21-25,28H,6-8,10-17H2,1-5H3;1-8H/t19-,21+,22+,23-,24+,25+,26+,27-;/m1./s1. The second-order valence-electron chi connectivity index (χ2n) is 14.7. The third-order valence-electron chi connectivity index (χ3n) is 11.8. The van der Waals surface area contributed by atoms with Crippen molar-refractivity contribution in [1.82, 2.24) is 9.97 Å². The molecule has 4 aliphatic rings. The van der Waals surface area contributed by atoms with E-state index in [0.29, 0.717) is 16.1 Å². The molecule has 8 atom stereocenters. The minimum Gasteiger partial charge on any atom is -0.249 e. The summed E-state index contributed by atoms with van der Waals surface area (Å²) in [6.45, 7) is 12.7. The van der Waals surface area contributed by atoms with Gasteiger partial charge in [-0.3, -0.25) is 0 Å². The summed E-state index contributed by atoms with van der Waals surface area (Å²) in [6, 6.07) is 11.8. The summed E-state index contributed by atoms with van der Waals surface area (Å²) < 4.78 is 0. The molecule has 3 saturated carbocycles. The van der Waals surface area contributed by atoms with Crippen LogP contribution in [0.2, 0.25) is 0 Å². The molecule has 0 N–H and O–H groups in total. The van der Waals surface area contributed by atoms with Crippen LogP contribution in [0.5, 0.6) is 0 Å². The van der Waals surface area contributed by atoms with E-state index in [2.05, 4.69) is 50.7 Å². The monoisotopic (exact) mass is 622 g/mol. The van der Waals surface area contributed by atoms with Gasteiger partial charge in [-0.2, -0.15) is 12.6 Å². The number of thiol groups is 1. The minimum atomic E-state index is 0.504. The molecule has 2 aromatic heterocycles. The zero-order valence-corrected chi connectivity index (χ0v) is 29.2. The third-order valence-corrected chi connectivity index (χ3v) is 14.4. The van der Waals surface area contributed by atoms with E-state index in [1.54, 1.807) is 39.6 Å². The molecule has 2 heterocycles. The van der Waals surface area contributed by atoms with Gasteiger partial charge in [0.15, 0.2) is 0 Å². The number of hydrogen-bond donors (Lipinski definition) is 1. The first-order chi connectivity index (χ1) is 20.2. The van der Waals surface area contributed by atoms with Gasteiger partial charge in [-0.1, -0.05) is 77.7 Å². The summed E-state index contributed by atoms with van der Waals surface area (Å²) in [5, 5.41) is 2.62. The third kappa shape index (κ3) is 7.31. The van der Waals surface area contributed by atoms with Crippen molar-refractivity contribution < 1.29 is 0 Å². The summed E-state index contributed by atoms with van der Waals surface area (Å²) in [4.78, 5) is 8.42. The van der Waals surface area contributed by atoms with Crippen LogP contribution in [0.3, 0.4) is 0 Å². The summed E-state index contributed by atoms with van der Waals surface area (Å²) in [7, 11) is 3.23. The predicted molar refractivity (Wildman–Crippen MR) is 186 cm³/mol. The van der Waals surface area contributed by atoms with Gasteiger partial charge in [0.1, 0.15) is 10.1 Å². The van der Waals surface area contributed by atoms with Gasteiger partial charge in [-0.15, -0.1) is 0 Å². The van der Waals surface area contributed by atoms with Crippen LogP contribution in [0, 0.1) is 46.3 Å². The Morgan fingerprint density at radius 3 is 2.17 bits per heavy atom. The fourth-order valence-electron chi connectivity index (χ4n) is 9.54. The summed E-state index contributed by atoms with van der Waals surface area (Å²) >= 11 is 4.84. The Labute approximate surface area is 270 Å². The molecule has 0 radical (unpaired) electrons. The van der Waals surface area contributed by atoms with Crippen LogP contribution in [0.1, 0.15) is 105 Å². The quantitative estimate of drug-likeness (QED) is 0.180. The lowest BCUT2D eigenvalue weighted by atomic mass is 9.47. The molecule has 230 valence electrons. The van der Waals surface area contributed by atoms with Gasteiger partial charge in [-0.05, 0) is 144 Å². The Morgan fingerprint density at radius 1 is 0.857 bits per heavy atom. The lowest BCUT2D eigenvalue weighted by Gasteiger charge is -2.58. The molecule has 0 amide bonds. The molecular formula is C37H54N2S3. The highest BCUT2D eigenvalue weighted by Gasteiger charge is 2.58. The van der Waals surface area contributed by atoms with E-state index >= 15 is 0 Å². The van der Waals surface area contributed by atoms with Crippen molar-refractivity contribution in [3.63, 3.8) is 0 Å². The number of allylic oxidation sites excluding steroid dienone is 2. The highest BCUT2D eigenvalue weighted by molar-refractivity contribution is 8.76. The van der Waals surface area contributed by atoms with E-state index in [4.69, 9.17) is 12.6 Å². The van der Waals surface area contributed by atoms with Crippen LogP contribution in [0.25, 0.3) is 0 Å². The van der Waals surface area contributed by atoms with Crippen molar-refractivity contribution in [2.24, 2.45) is 46.3 Å². The van der Waals surface area contributed by atoms with E-state index in [9.17, 15) is 0 Å². The summed E-state index contributed by atoms with van der Waals surface area (Å²) in [5.41, 5.74) is 2.92. The van der Waals surface area contributed by atoms with Crippen molar-refractivity contribution in [2.45, 2.75) is 121 Å². The fourth-order valence-corrected chi connectivity index (χ4v) is 11.6. The number of fused-ring (bicyclic) bond motifs is 5. The maximum atomic E-state index is 4.84. The first kappa shape index (κ1) is 32.5. The average molecular weight is 623 g/mol. The van der Waals surface area contributed by atoms with Crippen LogP contribution in [0.15, 0.2) is 70.5 Å². The minimum absolute atomic E-state index is 0.504. The second-order valence-corrected chi connectivity index (χ2v) is 17.6. The van der Waals surface area contributed by atoms with Crippen molar-refractivity contribution in [3.05, 3.63) is 60.4 Å². The molecule has 5 heteroatoms. The second kappa shape index (κ2) is 14.5. The smallest absolute Gasteiger partial charge is 0.107 e. The lowest BCUT2D eigenvalue weighted by Crippen LogP contribution is -2.50. The van der Waals surface area contributed by atoms with Gasteiger partial charge >= 0.3 is 0 Å². The first-order valence-corrected chi connectivity index (χ1v) is 19.4. The van der Waals surface area contributed by atoms with Gasteiger partial charge in [0.25, 0.3) is 0 Å². The van der Waals surface area contributed by atoms with Crippen LogP contribution < -0.4 is 0 Å². The summed E-state index contributed by atoms with van der Waals surface area (Å²) in [5.74, 6) is 5.70. The Morgan fingerprint density at radius 2 is 1.55 bits per heavy atom. The molecule has 42 heavy (non-hydrogen) atoms. The Balaban J connectivity index is 0.000000211. The van der Waals surface area contributed by atoms with Crippen LogP contribution in [0.4, 0.5) is 0 Å². The molecular weight excluding hydrogens is 569 g/mol. The van der Waals surface area contributed by atoms with Crippen molar-refractivity contribution in [2.75, 3.05) is 0 Å². The van der Waals surface area contributed by atoms with E-state index in [-0.39, 0.29) is 0 Å². The topological polar surface area (TPSA) is 25.8 Å². The Kier molecular flexibility index (Phi) is 11.2. The molecule has 2 aromatic rings. The zero-order valence-electron chi connectivity index (χ0n) is 26.7. The summed E-state index contributed by atoms with van der Waals surface area (Å²) in [6.07, 6.45) is 22.0. The average Bonchev–Trinajstić information content (AvgIpc) is 3.35. The molecule has 0 aromatic carbocycles. The van der Waals surface area contributed by atoms with Gasteiger partial charge in [0, 0.05) is 17.6 Å². The number of hydrogen-bond acceptors (Lipinski definition) is 5. The molecule has 0 unspecified atom stereocenters. The number of pyridine rings is 2. The van der Waals surface area contributed by atoms with Crippen LogP contribution >= 0.6 is 34.2 Å². The highest BCUT2D eigenvalue weighted by Crippen LogP contribution is 2.67. The molecule has 0 saturated heterocycles. The zero-order chi connectivity index (χ0) is 29.7. The lowest BCUT2D eigenvalue weighted by molar-refractivity contribution is -0.0497. The first-order valence-electron chi connectivity index (χ1n) is 16.7. The number of aromatic nitrogens is 2. The maximum Gasteiger partial charge on any atom is 0.107 e. The molecule has 2 nitrogen and oxygen atoms in total. The van der Waals surface area contributed by atoms with E-state index in [1.807, 2.05) is 36.4 Å². The van der Waals surface area contributed by atoms with Crippen molar-refractivity contribution in [3.8, 4) is 0 Å². The van der Waals surface area contributed by atoms with Gasteiger partial charge in [0.2, 0.25) is 0 Å². The Hall–Kier alpha value is -0.910. The predicted octanol–water partition coefficient (Wildman–Crippen LogP) is 11.6. The maximum absolute atomic E-state index is 4.84. The molecule has 0 spiro atoms. The molecule has 4 aliphatic carbocycles. The largest absolute Gasteiger partial charge is 0.249 e. The van der Waals surface area contributed by atoms with Crippen LogP contribution in [-0.2, 0) is 0 Å². The number of rotatable bonds is 8. The molecule has 6 rings (SSSR count). The van der Waals surface area contributed by atoms with Crippen molar-refractivity contribution in [1.29, 1.82) is 0 Å². The van der Waals surface area contributed by atoms with Gasteiger partial charge in [0.05, 0.1) is 0 Å². The van der Waals surface area contributed by atoms with E-state index in [1.165, 1.54) is 70.6 Å².